The van der Waals surface area contributed by atoms with Gasteiger partial charge >= 0.3 is 6.18 Å². The molecule has 10 heteroatoms. The van der Waals surface area contributed by atoms with Gasteiger partial charge in [-0.15, -0.1) is 0 Å². The highest BCUT2D eigenvalue weighted by Crippen LogP contribution is 2.29. The summed E-state index contributed by atoms with van der Waals surface area (Å²) in [7, 11) is 2.59. The molecule has 0 N–H and O–H groups in total. The standard InChI is InChI=1S/C13H15ClF3N5O/c1-4-22-6-8(14)10(19-22)7-20(2)12(23)9-5-11(13(15,16)17)21(3)18-9/h5-6H,4,7H2,1-3H3. The van der Waals surface area contributed by atoms with Gasteiger partial charge in [0.05, 0.1) is 11.6 Å². The van der Waals surface area contributed by atoms with Gasteiger partial charge in [0, 0.05) is 32.9 Å². The van der Waals surface area contributed by atoms with Gasteiger partial charge < -0.3 is 4.90 Å². The number of hydrogen-bond donors (Lipinski definition) is 0. The van der Waals surface area contributed by atoms with Crippen LogP contribution in [0.15, 0.2) is 12.3 Å². The summed E-state index contributed by atoms with van der Waals surface area (Å²) in [5.41, 5.74) is -0.799. The lowest BCUT2D eigenvalue weighted by atomic mass is 10.3. The fraction of sp³-hybridized carbons (Fsp3) is 0.462. The van der Waals surface area contributed by atoms with Crippen LogP contribution in [0.25, 0.3) is 0 Å². The highest BCUT2D eigenvalue weighted by Gasteiger charge is 2.36. The first kappa shape index (κ1) is 17.3. The minimum absolute atomic E-state index is 0.0720. The Hall–Kier alpha value is -2.03. The third-order valence-electron chi connectivity index (χ3n) is 3.23. The number of aromatic nitrogens is 4. The topological polar surface area (TPSA) is 56.0 Å². The molecule has 0 spiro atoms. The average molecular weight is 350 g/mol. The molecule has 0 atom stereocenters. The molecular formula is C13H15ClF3N5O. The first-order valence-electron chi connectivity index (χ1n) is 6.72. The lowest BCUT2D eigenvalue weighted by Crippen LogP contribution is -2.27. The second kappa shape index (κ2) is 6.23. The normalized spacial score (nSPS) is 11.8. The number of amides is 1. The highest BCUT2D eigenvalue weighted by atomic mass is 35.5. The van der Waals surface area contributed by atoms with E-state index >= 15 is 0 Å². The summed E-state index contributed by atoms with van der Waals surface area (Å²) in [6.07, 6.45) is -2.94. The van der Waals surface area contributed by atoms with Gasteiger partial charge in [0.1, 0.15) is 11.4 Å². The van der Waals surface area contributed by atoms with Crippen molar-refractivity contribution in [1.82, 2.24) is 24.5 Å². The molecule has 2 aromatic heterocycles. The van der Waals surface area contributed by atoms with Gasteiger partial charge in [-0.25, -0.2) is 0 Å². The van der Waals surface area contributed by atoms with Crippen LogP contribution in [0, 0.1) is 0 Å². The molecule has 126 valence electrons. The Balaban J connectivity index is 2.18. The van der Waals surface area contributed by atoms with Gasteiger partial charge in [-0.2, -0.15) is 23.4 Å². The van der Waals surface area contributed by atoms with Crippen molar-refractivity contribution in [3.8, 4) is 0 Å². The fourth-order valence-electron chi connectivity index (χ4n) is 2.04. The van der Waals surface area contributed by atoms with Crippen LogP contribution in [0.3, 0.4) is 0 Å². The molecule has 2 rings (SSSR count). The molecule has 0 aromatic carbocycles. The minimum atomic E-state index is -4.57. The Morgan fingerprint density at radius 2 is 2.04 bits per heavy atom. The van der Waals surface area contributed by atoms with Crippen LogP contribution < -0.4 is 0 Å². The number of aryl methyl sites for hydroxylation is 2. The van der Waals surface area contributed by atoms with Crippen LogP contribution in [0.5, 0.6) is 0 Å². The van der Waals surface area contributed by atoms with Crippen molar-refractivity contribution in [3.63, 3.8) is 0 Å². The minimum Gasteiger partial charge on any atom is -0.334 e. The van der Waals surface area contributed by atoms with Crippen molar-refractivity contribution in [2.24, 2.45) is 7.05 Å². The van der Waals surface area contributed by atoms with Crippen LogP contribution in [0.1, 0.15) is 28.8 Å². The van der Waals surface area contributed by atoms with Crippen molar-refractivity contribution in [3.05, 3.63) is 34.4 Å². The first-order chi connectivity index (χ1) is 10.6. The Morgan fingerprint density at radius 1 is 1.39 bits per heavy atom. The molecule has 0 aliphatic heterocycles. The molecule has 23 heavy (non-hydrogen) atoms. The Morgan fingerprint density at radius 3 is 2.52 bits per heavy atom. The lowest BCUT2D eigenvalue weighted by molar-refractivity contribution is -0.143. The summed E-state index contributed by atoms with van der Waals surface area (Å²) >= 11 is 6.02. The number of alkyl halides is 3. The van der Waals surface area contributed by atoms with Crippen LogP contribution in [-0.2, 0) is 26.3 Å². The SMILES string of the molecule is CCn1cc(Cl)c(CN(C)C(=O)c2cc(C(F)(F)F)n(C)n2)n1. The van der Waals surface area contributed by atoms with Gasteiger partial charge in [0.15, 0.2) is 5.69 Å². The van der Waals surface area contributed by atoms with Gasteiger partial charge in [0.2, 0.25) is 0 Å². The Labute approximate surface area is 135 Å². The highest BCUT2D eigenvalue weighted by molar-refractivity contribution is 6.31. The smallest absolute Gasteiger partial charge is 0.334 e. The number of nitrogens with zero attached hydrogens (tertiary/aromatic N) is 5. The van der Waals surface area contributed by atoms with E-state index in [1.807, 2.05) is 6.92 Å². The van der Waals surface area contributed by atoms with Gasteiger partial charge in [-0.1, -0.05) is 11.6 Å². The predicted octanol–water partition coefficient (Wildman–Crippen LogP) is 2.58. The van der Waals surface area contributed by atoms with E-state index in [1.165, 1.54) is 11.9 Å². The molecule has 0 saturated heterocycles. The maximum Gasteiger partial charge on any atom is 0.433 e. The third kappa shape index (κ3) is 3.66. The maximum atomic E-state index is 12.8. The largest absolute Gasteiger partial charge is 0.433 e. The molecule has 0 unspecified atom stereocenters. The summed E-state index contributed by atoms with van der Waals surface area (Å²) in [6.45, 7) is 2.57. The van der Waals surface area contributed by atoms with Gasteiger partial charge in [0.25, 0.3) is 5.91 Å². The molecule has 2 heterocycles. The molecule has 0 aliphatic carbocycles. The van der Waals surface area contributed by atoms with Crippen molar-refractivity contribution in [2.45, 2.75) is 26.2 Å². The summed E-state index contributed by atoms with van der Waals surface area (Å²) in [6, 6.07) is 0.727. The Bertz CT molecular complexity index is 722. The van der Waals surface area contributed by atoms with E-state index < -0.39 is 17.8 Å². The van der Waals surface area contributed by atoms with E-state index in [-0.39, 0.29) is 12.2 Å². The third-order valence-corrected chi connectivity index (χ3v) is 3.55. The number of carbonyl (C=O) groups excluding carboxylic acids is 1. The van der Waals surface area contributed by atoms with Crippen LogP contribution >= 0.6 is 11.6 Å². The van der Waals surface area contributed by atoms with E-state index in [0.717, 1.165) is 13.1 Å². The summed E-state index contributed by atoms with van der Waals surface area (Å²) in [4.78, 5) is 13.5. The van der Waals surface area contributed by atoms with Crippen LogP contribution in [-0.4, -0.2) is 37.4 Å². The van der Waals surface area contributed by atoms with Crippen molar-refractivity contribution in [1.29, 1.82) is 0 Å². The molecule has 0 fully saturated rings. The van der Waals surface area contributed by atoms with E-state index in [2.05, 4.69) is 10.2 Å². The lowest BCUT2D eigenvalue weighted by Gasteiger charge is -2.14. The number of rotatable bonds is 4. The quantitative estimate of drug-likeness (QED) is 0.852. The van der Waals surface area contributed by atoms with Crippen molar-refractivity contribution in [2.75, 3.05) is 7.05 Å². The predicted molar refractivity (Wildman–Crippen MR) is 76.9 cm³/mol. The van der Waals surface area contributed by atoms with Crippen molar-refractivity contribution >= 4 is 17.5 Å². The number of halogens is 4. The van der Waals surface area contributed by atoms with Crippen LogP contribution in [0.2, 0.25) is 5.02 Å². The molecule has 6 nitrogen and oxygen atoms in total. The fourth-order valence-corrected chi connectivity index (χ4v) is 2.25. The van der Waals surface area contributed by atoms with E-state index in [1.54, 1.807) is 10.9 Å². The number of hydrogen-bond acceptors (Lipinski definition) is 3. The summed E-state index contributed by atoms with van der Waals surface area (Å²) in [5.74, 6) is -0.641. The molecule has 0 bridgehead atoms. The summed E-state index contributed by atoms with van der Waals surface area (Å²) < 4.78 is 40.5. The summed E-state index contributed by atoms with van der Waals surface area (Å²) in [5, 5.41) is 8.21. The van der Waals surface area contributed by atoms with Gasteiger partial charge in [-0.3, -0.25) is 14.2 Å². The van der Waals surface area contributed by atoms with E-state index in [9.17, 15) is 18.0 Å². The first-order valence-corrected chi connectivity index (χ1v) is 7.09. The maximum absolute atomic E-state index is 12.8. The van der Waals surface area contributed by atoms with Crippen molar-refractivity contribution < 1.29 is 18.0 Å². The second-order valence-electron chi connectivity index (χ2n) is 4.98. The molecule has 0 saturated carbocycles. The molecule has 1 amide bonds. The van der Waals surface area contributed by atoms with Gasteiger partial charge in [-0.05, 0) is 6.92 Å². The molecule has 0 aliphatic rings. The average Bonchev–Trinajstić information content (AvgIpc) is 3.01. The molecule has 2 aromatic rings. The monoisotopic (exact) mass is 349 g/mol. The van der Waals surface area contributed by atoms with Crippen LogP contribution in [0.4, 0.5) is 13.2 Å². The van der Waals surface area contributed by atoms with E-state index in [4.69, 9.17) is 11.6 Å². The zero-order chi connectivity index (χ0) is 17.4. The number of carbonyl (C=O) groups is 1. The van der Waals surface area contributed by atoms with E-state index in [0.29, 0.717) is 21.9 Å². The zero-order valence-electron chi connectivity index (χ0n) is 12.7. The zero-order valence-corrected chi connectivity index (χ0v) is 13.5. The molecular weight excluding hydrogens is 335 g/mol. The Kier molecular flexibility index (Phi) is 4.69. The molecule has 0 radical (unpaired) electrons. The second-order valence-corrected chi connectivity index (χ2v) is 5.38.